The van der Waals surface area contributed by atoms with Gasteiger partial charge in [-0.15, -0.1) is 11.3 Å². The van der Waals surface area contributed by atoms with E-state index in [2.05, 4.69) is 26.5 Å². The van der Waals surface area contributed by atoms with Crippen LogP contribution < -0.4 is 5.32 Å². The lowest BCUT2D eigenvalue weighted by atomic mass is 9.93. The number of hydrogen-bond donors (Lipinski definition) is 1. The molecule has 0 aromatic carbocycles. The third kappa shape index (κ3) is 1.88. The van der Waals surface area contributed by atoms with Gasteiger partial charge in [-0.3, -0.25) is 4.79 Å². The summed E-state index contributed by atoms with van der Waals surface area (Å²) in [6, 6.07) is 4.62. The van der Waals surface area contributed by atoms with Gasteiger partial charge in [0.05, 0.1) is 12.2 Å². The summed E-state index contributed by atoms with van der Waals surface area (Å²) >= 11 is 1.72. The molecule has 1 fully saturated rings. The maximum atomic E-state index is 12.0. The van der Waals surface area contributed by atoms with Crippen LogP contribution in [0.1, 0.15) is 54.5 Å². The second-order valence-electron chi connectivity index (χ2n) is 5.65. The molecule has 0 saturated heterocycles. The number of aromatic nitrogens is 2. The van der Waals surface area contributed by atoms with Crippen molar-refractivity contribution in [1.29, 1.82) is 0 Å². The van der Waals surface area contributed by atoms with Crippen LogP contribution in [-0.4, -0.2) is 15.7 Å². The third-order valence-corrected chi connectivity index (χ3v) is 5.39. The van der Waals surface area contributed by atoms with Crippen LogP contribution >= 0.6 is 11.3 Å². The van der Waals surface area contributed by atoms with Crippen LogP contribution in [0.3, 0.4) is 0 Å². The molecule has 2 aliphatic rings. The largest absolute Gasteiger partial charge is 0.311 e. The van der Waals surface area contributed by atoms with E-state index in [-0.39, 0.29) is 11.8 Å². The van der Waals surface area contributed by atoms with Crippen molar-refractivity contribution in [3.63, 3.8) is 0 Å². The molecular weight excluding hydrogens is 270 g/mol. The average Bonchev–Trinajstić information content (AvgIpc) is 3.18. The molecule has 0 radical (unpaired) electrons. The highest BCUT2D eigenvalue weighted by molar-refractivity contribution is 7.10. The van der Waals surface area contributed by atoms with E-state index in [0.29, 0.717) is 12.5 Å². The molecule has 0 spiro atoms. The molecule has 1 aliphatic carbocycles. The summed E-state index contributed by atoms with van der Waals surface area (Å²) in [6.07, 6.45) is 7.37. The molecule has 104 valence electrons. The van der Waals surface area contributed by atoms with Crippen LogP contribution in [0.15, 0.2) is 23.7 Å². The Hall–Kier alpha value is -1.62. The fraction of sp³-hybridized carbons (Fsp3) is 0.467. The van der Waals surface area contributed by atoms with Crippen LogP contribution in [0, 0.1) is 0 Å². The quantitative estimate of drug-likeness (QED) is 0.918. The number of hydrogen-bond acceptors (Lipinski definition) is 3. The van der Waals surface area contributed by atoms with E-state index >= 15 is 0 Å². The number of amides is 1. The molecular formula is C15H17N3OS. The predicted octanol–water partition coefficient (Wildman–Crippen LogP) is 3.53. The molecule has 0 bridgehead atoms. The highest BCUT2D eigenvalue weighted by Crippen LogP contribution is 2.41. The Kier molecular flexibility index (Phi) is 2.88. The predicted molar refractivity (Wildman–Crippen MR) is 79.1 cm³/mol. The van der Waals surface area contributed by atoms with Crippen molar-refractivity contribution < 1.29 is 4.79 Å². The summed E-state index contributed by atoms with van der Waals surface area (Å²) < 4.78 is 2.06. The van der Waals surface area contributed by atoms with Crippen molar-refractivity contribution in [2.75, 3.05) is 5.32 Å². The summed E-state index contributed by atoms with van der Waals surface area (Å²) in [6.45, 7) is 0. The minimum atomic E-state index is 0.107. The molecule has 1 atom stereocenters. The summed E-state index contributed by atoms with van der Waals surface area (Å²) in [5.41, 5.74) is 1.18. The maximum Gasteiger partial charge on any atom is 0.226 e. The molecule has 2 aromatic heterocycles. The van der Waals surface area contributed by atoms with Crippen LogP contribution in [0.25, 0.3) is 0 Å². The van der Waals surface area contributed by atoms with E-state index < -0.39 is 0 Å². The number of nitrogens with one attached hydrogen (secondary N) is 1. The topological polar surface area (TPSA) is 46.9 Å². The smallest absolute Gasteiger partial charge is 0.226 e. The highest BCUT2D eigenvalue weighted by Gasteiger charge is 2.32. The monoisotopic (exact) mass is 287 g/mol. The molecule has 0 unspecified atom stereocenters. The fourth-order valence-electron chi connectivity index (χ4n) is 3.41. The molecule has 20 heavy (non-hydrogen) atoms. The van der Waals surface area contributed by atoms with Gasteiger partial charge in [-0.1, -0.05) is 18.9 Å². The minimum absolute atomic E-state index is 0.107. The van der Waals surface area contributed by atoms with Crippen LogP contribution in [-0.2, 0) is 4.79 Å². The van der Waals surface area contributed by atoms with E-state index in [4.69, 9.17) is 0 Å². The molecule has 1 amide bonds. The number of rotatable bonds is 2. The van der Waals surface area contributed by atoms with E-state index in [9.17, 15) is 4.79 Å². The number of fused-ring (bicyclic) bond motifs is 1. The normalized spacial score (nSPS) is 22.8. The zero-order chi connectivity index (χ0) is 13.5. The van der Waals surface area contributed by atoms with Crippen molar-refractivity contribution >= 4 is 23.1 Å². The van der Waals surface area contributed by atoms with Crippen LogP contribution in [0.4, 0.5) is 5.82 Å². The molecule has 1 N–H and O–H groups in total. The Bertz CT molecular complexity index is 626. The van der Waals surface area contributed by atoms with Crippen molar-refractivity contribution in [2.45, 2.75) is 44.1 Å². The van der Waals surface area contributed by atoms with Gasteiger partial charge in [0.15, 0.2) is 0 Å². The highest BCUT2D eigenvalue weighted by atomic mass is 32.1. The van der Waals surface area contributed by atoms with E-state index in [0.717, 1.165) is 5.82 Å². The Labute approximate surface area is 121 Å². The van der Waals surface area contributed by atoms with Crippen molar-refractivity contribution in [1.82, 2.24) is 9.78 Å². The Morgan fingerprint density at radius 1 is 1.35 bits per heavy atom. The lowest BCUT2D eigenvalue weighted by Gasteiger charge is -2.24. The SMILES string of the molecule is O=C1C[C@@H](c2cccs2)c2cnn(C3CCCC3)c2N1. The van der Waals surface area contributed by atoms with Gasteiger partial charge in [0.25, 0.3) is 0 Å². The van der Waals surface area contributed by atoms with Crippen molar-refractivity contribution in [3.05, 3.63) is 34.2 Å². The lowest BCUT2D eigenvalue weighted by molar-refractivity contribution is -0.116. The molecule has 4 nitrogen and oxygen atoms in total. The zero-order valence-corrected chi connectivity index (χ0v) is 12.0. The summed E-state index contributed by atoms with van der Waals surface area (Å²) in [5.74, 6) is 1.22. The van der Waals surface area contributed by atoms with Gasteiger partial charge in [-0.05, 0) is 24.3 Å². The van der Waals surface area contributed by atoms with Gasteiger partial charge < -0.3 is 5.32 Å². The van der Waals surface area contributed by atoms with Gasteiger partial charge in [0.1, 0.15) is 5.82 Å². The van der Waals surface area contributed by atoms with Gasteiger partial charge in [0, 0.05) is 22.8 Å². The zero-order valence-electron chi connectivity index (χ0n) is 11.2. The third-order valence-electron chi connectivity index (χ3n) is 4.40. The van der Waals surface area contributed by atoms with Crippen molar-refractivity contribution in [3.8, 4) is 0 Å². The molecule has 3 heterocycles. The van der Waals surface area contributed by atoms with Crippen molar-refractivity contribution in [2.24, 2.45) is 0 Å². The van der Waals surface area contributed by atoms with Crippen LogP contribution in [0.5, 0.6) is 0 Å². The van der Waals surface area contributed by atoms with Crippen LogP contribution in [0.2, 0.25) is 0 Å². The average molecular weight is 287 g/mol. The second kappa shape index (κ2) is 4.74. The summed E-state index contributed by atoms with van der Waals surface area (Å²) in [5, 5.41) is 9.70. The van der Waals surface area contributed by atoms with Gasteiger partial charge in [-0.2, -0.15) is 5.10 Å². The summed E-state index contributed by atoms with van der Waals surface area (Å²) in [4.78, 5) is 13.3. The Morgan fingerprint density at radius 3 is 2.95 bits per heavy atom. The molecule has 1 saturated carbocycles. The first-order valence-electron chi connectivity index (χ1n) is 7.23. The van der Waals surface area contributed by atoms with E-state index in [1.54, 1.807) is 11.3 Å². The molecule has 5 heteroatoms. The number of carbonyl (C=O) groups excluding carboxylic acids is 1. The Morgan fingerprint density at radius 2 is 2.20 bits per heavy atom. The molecule has 1 aliphatic heterocycles. The maximum absolute atomic E-state index is 12.0. The first-order valence-corrected chi connectivity index (χ1v) is 8.11. The van der Waals surface area contributed by atoms with Gasteiger partial charge in [-0.25, -0.2) is 4.68 Å². The minimum Gasteiger partial charge on any atom is -0.311 e. The molecule has 2 aromatic rings. The number of nitrogens with zero attached hydrogens (tertiary/aromatic N) is 2. The standard InChI is InChI=1S/C15H17N3OS/c19-14-8-11(13-6-3-7-20-13)12-9-16-18(15(12)17-14)10-4-1-2-5-10/h3,6-7,9-11H,1-2,4-5,8H2,(H,17,19)/t11-/m1/s1. The number of anilines is 1. The molecule has 4 rings (SSSR count). The first kappa shape index (κ1) is 12.1. The number of thiophene rings is 1. The van der Waals surface area contributed by atoms with Gasteiger partial charge >= 0.3 is 0 Å². The summed E-state index contributed by atoms with van der Waals surface area (Å²) in [7, 11) is 0. The van der Waals surface area contributed by atoms with E-state index in [1.165, 1.54) is 36.1 Å². The number of carbonyl (C=O) groups is 1. The Balaban J connectivity index is 1.76. The fourth-order valence-corrected chi connectivity index (χ4v) is 4.25. The van der Waals surface area contributed by atoms with Gasteiger partial charge in [0.2, 0.25) is 5.91 Å². The van der Waals surface area contributed by atoms with E-state index in [1.807, 2.05) is 12.3 Å². The lowest BCUT2D eigenvalue weighted by Crippen LogP contribution is -2.25. The second-order valence-corrected chi connectivity index (χ2v) is 6.63. The first-order chi connectivity index (χ1) is 9.83.